The van der Waals surface area contributed by atoms with Gasteiger partial charge in [-0.2, -0.15) is 0 Å². The quantitative estimate of drug-likeness (QED) is 0.904. The number of carbonyl (C=O) groups is 1. The Balaban J connectivity index is 1.75. The van der Waals surface area contributed by atoms with Crippen LogP contribution >= 0.6 is 11.6 Å². The lowest BCUT2D eigenvalue weighted by Gasteiger charge is -2.32. The fourth-order valence-corrected chi connectivity index (χ4v) is 2.33. The molecule has 21 heavy (non-hydrogen) atoms. The van der Waals surface area contributed by atoms with E-state index in [1.807, 2.05) is 12.1 Å². The number of hydrogen-bond donors (Lipinski definition) is 1. The topological polar surface area (TPSA) is 94.5 Å². The lowest BCUT2D eigenvalue weighted by Crippen LogP contribution is -2.42. The zero-order valence-corrected chi connectivity index (χ0v) is 11.8. The number of nitrogens with zero attached hydrogens (tertiary/aromatic N) is 3. The first-order valence-electron chi connectivity index (χ1n) is 6.39. The van der Waals surface area contributed by atoms with E-state index in [1.165, 1.54) is 0 Å². The Hall–Kier alpha value is -2.12. The summed E-state index contributed by atoms with van der Waals surface area (Å²) in [7, 11) is 0. The van der Waals surface area contributed by atoms with Crippen molar-refractivity contribution in [3.63, 3.8) is 0 Å². The van der Waals surface area contributed by atoms with Gasteiger partial charge in [0, 0.05) is 11.6 Å². The smallest absolute Gasteiger partial charge is 0.280 e. The van der Waals surface area contributed by atoms with Gasteiger partial charge in [0.2, 0.25) is 11.5 Å². The minimum atomic E-state index is -0.309. The molecule has 0 bridgehead atoms. The molecule has 2 heterocycles. The number of nitrogen functional groups attached to an aromatic ring is 1. The van der Waals surface area contributed by atoms with E-state index < -0.39 is 0 Å². The zero-order chi connectivity index (χ0) is 14.8. The molecule has 110 valence electrons. The van der Waals surface area contributed by atoms with Crippen molar-refractivity contribution >= 4 is 23.3 Å². The molecule has 1 aromatic carbocycles. The van der Waals surface area contributed by atoms with Crippen molar-refractivity contribution in [2.45, 2.75) is 6.10 Å². The molecule has 0 saturated carbocycles. The molecule has 8 heteroatoms. The molecule has 0 radical (unpaired) electrons. The van der Waals surface area contributed by atoms with Gasteiger partial charge in [-0.25, -0.2) is 4.63 Å². The van der Waals surface area contributed by atoms with Crippen molar-refractivity contribution in [1.82, 2.24) is 15.2 Å². The summed E-state index contributed by atoms with van der Waals surface area (Å²) in [5.41, 5.74) is 6.55. The Morgan fingerprint density at radius 3 is 2.76 bits per heavy atom. The van der Waals surface area contributed by atoms with Crippen molar-refractivity contribution in [3.05, 3.63) is 40.5 Å². The molecule has 1 amide bonds. The number of morpholine rings is 1. The molecule has 3 rings (SSSR count). The summed E-state index contributed by atoms with van der Waals surface area (Å²) in [6, 6.07) is 7.35. The normalized spacial score (nSPS) is 18.7. The summed E-state index contributed by atoms with van der Waals surface area (Å²) in [4.78, 5) is 13.9. The summed E-state index contributed by atoms with van der Waals surface area (Å²) in [6.07, 6.45) is -0.207. The molecule has 0 spiro atoms. The Morgan fingerprint density at radius 1 is 1.33 bits per heavy atom. The molecule has 1 aliphatic heterocycles. The first kappa shape index (κ1) is 13.8. The number of hydrogen-bond acceptors (Lipinski definition) is 6. The maximum atomic E-state index is 12.3. The summed E-state index contributed by atoms with van der Waals surface area (Å²) in [5.74, 6) is -0.314. The van der Waals surface area contributed by atoms with Gasteiger partial charge in [-0.3, -0.25) is 4.79 Å². The molecule has 1 saturated heterocycles. The van der Waals surface area contributed by atoms with E-state index >= 15 is 0 Å². The molecule has 2 aromatic rings. The van der Waals surface area contributed by atoms with E-state index in [0.717, 1.165) is 5.56 Å². The minimum Gasteiger partial charge on any atom is -0.379 e. The van der Waals surface area contributed by atoms with Crippen LogP contribution in [0, 0.1) is 0 Å². The number of amides is 1. The molecular weight excluding hydrogens is 296 g/mol. The molecule has 7 nitrogen and oxygen atoms in total. The Labute approximate surface area is 125 Å². The molecule has 1 aliphatic rings. The molecule has 2 N–H and O–H groups in total. The maximum Gasteiger partial charge on any atom is 0.280 e. The van der Waals surface area contributed by atoms with Crippen molar-refractivity contribution in [3.8, 4) is 0 Å². The van der Waals surface area contributed by atoms with Gasteiger partial charge in [0.05, 0.1) is 13.2 Å². The predicted octanol–water partition coefficient (Wildman–Crippen LogP) is 1.52. The van der Waals surface area contributed by atoms with Gasteiger partial charge in [0.15, 0.2) is 0 Å². The van der Waals surface area contributed by atoms with Crippen LogP contribution in [0.2, 0.25) is 5.02 Å². The highest BCUT2D eigenvalue weighted by Gasteiger charge is 2.29. The van der Waals surface area contributed by atoms with Crippen LogP contribution in [-0.4, -0.2) is 40.8 Å². The second-order valence-electron chi connectivity index (χ2n) is 4.66. The van der Waals surface area contributed by atoms with Crippen molar-refractivity contribution in [1.29, 1.82) is 0 Å². The van der Waals surface area contributed by atoms with Crippen LogP contribution in [0.5, 0.6) is 0 Å². The Morgan fingerprint density at radius 2 is 2.10 bits per heavy atom. The predicted molar refractivity (Wildman–Crippen MR) is 74.8 cm³/mol. The van der Waals surface area contributed by atoms with Crippen LogP contribution in [0.4, 0.5) is 5.82 Å². The van der Waals surface area contributed by atoms with Gasteiger partial charge in [-0.1, -0.05) is 23.7 Å². The van der Waals surface area contributed by atoms with E-state index in [4.69, 9.17) is 22.1 Å². The number of benzene rings is 1. The van der Waals surface area contributed by atoms with E-state index in [2.05, 4.69) is 14.9 Å². The third kappa shape index (κ3) is 2.84. The summed E-state index contributed by atoms with van der Waals surface area (Å²) >= 11 is 5.87. The van der Waals surface area contributed by atoms with Crippen LogP contribution in [0.25, 0.3) is 0 Å². The van der Waals surface area contributed by atoms with Gasteiger partial charge in [-0.05, 0) is 28.0 Å². The first-order chi connectivity index (χ1) is 10.1. The van der Waals surface area contributed by atoms with Crippen molar-refractivity contribution < 1.29 is 14.2 Å². The van der Waals surface area contributed by atoms with Crippen LogP contribution in [0.3, 0.4) is 0 Å². The molecule has 0 aliphatic carbocycles. The third-order valence-electron chi connectivity index (χ3n) is 3.31. The Bertz CT molecular complexity index is 643. The lowest BCUT2D eigenvalue weighted by atomic mass is 10.1. The van der Waals surface area contributed by atoms with Gasteiger partial charge < -0.3 is 15.4 Å². The van der Waals surface area contributed by atoms with Crippen molar-refractivity contribution in [2.24, 2.45) is 0 Å². The number of aromatic nitrogens is 2. The van der Waals surface area contributed by atoms with Crippen LogP contribution in [0.1, 0.15) is 22.2 Å². The molecule has 1 aromatic heterocycles. The molecule has 1 unspecified atom stereocenters. The molecule has 1 atom stereocenters. The number of carbonyl (C=O) groups excluding carboxylic acids is 1. The second kappa shape index (κ2) is 5.71. The fraction of sp³-hybridized carbons (Fsp3) is 0.308. The fourth-order valence-electron chi connectivity index (χ4n) is 2.21. The monoisotopic (exact) mass is 308 g/mol. The standard InChI is InChI=1S/C13H13ClN4O3/c14-9-3-1-8(2-4-9)10-7-18(5-6-20-10)13(19)11-12(15)17-21-16-11/h1-4,10H,5-7H2,(H2,15,17). The highest BCUT2D eigenvalue weighted by molar-refractivity contribution is 6.30. The second-order valence-corrected chi connectivity index (χ2v) is 5.10. The summed E-state index contributed by atoms with van der Waals surface area (Å²) in [6.45, 7) is 1.31. The van der Waals surface area contributed by atoms with Gasteiger partial charge in [0.1, 0.15) is 6.10 Å². The zero-order valence-electron chi connectivity index (χ0n) is 11.0. The first-order valence-corrected chi connectivity index (χ1v) is 6.77. The lowest BCUT2D eigenvalue weighted by molar-refractivity contribution is -0.0231. The average molecular weight is 309 g/mol. The van der Waals surface area contributed by atoms with Crippen LogP contribution < -0.4 is 5.73 Å². The van der Waals surface area contributed by atoms with Gasteiger partial charge >= 0.3 is 0 Å². The molecular formula is C13H13ClN4O3. The van der Waals surface area contributed by atoms with E-state index in [9.17, 15) is 4.79 Å². The minimum absolute atomic E-state index is 0.00506. The number of rotatable bonds is 2. The molecule has 1 fully saturated rings. The van der Waals surface area contributed by atoms with Crippen LogP contribution in [0.15, 0.2) is 28.9 Å². The van der Waals surface area contributed by atoms with Gasteiger partial charge in [-0.15, -0.1) is 0 Å². The Kier molecular flexibility index (Phi) is 3.76. The third-order valence-corrected chi connectivity index (χ3v) is 3.56. The maximum absolute atomic E-state index is 12.3. The van der Waals surface area contributed by atoms with E-state index in [-0.39, 0.29) is 23.5 Å². The largest absolute Gasteiger partial charge is 0.379 e. The highest BCUT2D eigenvalue weighted by Crippen LogP contribution is 2.24. The van der Waals surface area contributed by atoms with E-state index in [1.54, 1.807) is 17.0 Å². The summed E-state index contributed by atoms with van der Waals surface area (Å²) < 4.78 is 10.2. The number of halogens is 1. The van der Waals surface area contributed by atoms with Crippen LogP contribution in [-0.2, 0) is 4.74 Å². The average Bonchev–Trinajstić information content (AvgIpc) is 2.93. The number of nitrogens with two attached hydrogens (primary N) is 1. The highest BCUT2D eigenvalue weighted by atomic mass is 35.5. The SMILES string of the molecule is Nc1nonc1C(=O)N1CCOC(c2ccc(Cl)cc2)C1. The number of ether oxygens (including phenoxy) is 1. The van der Waals surface area contributed by atoms with Crippen molar-refractivity contribution in [2.75, 3.05) is 25.4 Å². The number of anilines is 1. The summed E-state index contributed by atoms with van der Waals surface area (Å²) in [5, 5.41) is 7.61. The van der Waals surface area contributed by atoms with Gasteiger partial charge in [0.25, 0.3) is 5.91 Å². The van der Waals surface area contributed by atoms with E-state index in [0.29, 0.717) is 24.7 Å².